The second kappa shape index (κ2) is 7.40. The standard InChI is InChI=1S/C23H23N5OS/c1-23(2)11-17-19(18(29)12-23)20(16-9-6-10-24-13-16)28-21(25-17)26-22(27-28)30-14-15-7-4-3-5-8-15/h3-10,13,20H,11-12,14H2,1-2H3,(H,25,26,27). The summed E-state index contributed by atoms with van der Waals surface area (Å²) in [6, 6.07) is 13.9. The molecule has 0 saturated carbocycles. The maximum absolute atomic E-state index is 13.2. The van der Waals surface area contributed by atoms with Crippen molar-refractivity contribution in [1.82, 2.24) is 19.7 Å². The number of benzene rings is 1. The zero-order chi connectivity index (χ0) is 20.7. The first-order valence-electron chi connectivity index (χ1n) is 10.1. The number of hydrogen-bond acceptors (Lipinski definition) is 6. The first-order valence-corrected chi connectivity index (χ1v) is 11.1. The third-order valence-corrected chi connectivity index (χ3v) is 6.43. The van der Waals surface area contributed by atoms with Gasteiger partial charge in [0.2, 0.25) is 11.1 Å². The number of hydrogen-bond donors (Lipinski definition) is 1. The lowest BCUT2D eigenvalue weighted by atomic mass is 9.73. The van der Waals surface area contributed by atoms with Crippen LogP contribution < -0.4 is 5.32 Å². The number of Topliss-reactive ketones (excluding diaryl/α,β-unsaturated/α-hetero) is 1. The second-order valence-electron chi connectivity index (χ2n) is 8.58. The van der Waals surface area contributed by atoms with Crippen LogP contribution in [0.1, 0.15) is 43.9 Å². The predicted octanol–water partition coefficient (Wildman–Crippen LogP) is 4.62. The highest BCUT2D eigenvalue weighted by Crippen LogP contribution is 2.45. The number of nitrogens with one attached hydrogen (secondary N) is 1. The number of carbonyl (C=O) groups is 1. The summed E-state index contributed by atoms with van der Waals surface area (Å²) < 4.78 is 1.85. The summed E-state index contributed by atoms with van der Waals surface area (Å²) in [6.45, 7) is 4.27. The number of fused-ring (bicyclic) bond motifs is 1. The van der Waals surface area contributed by atoms with Crippen molar-refractivity contribution in [3.63, 3.8) is 0 Å². The van der Waals surface area contributed by atoms with E-state index in [9.17, 15) is 4.79 Å². The predicted molar refractivity (Wildman–Crippen MR) is 117 cm³/mol. The third kappa shape index (κ3) is 3.54. The number of ketones is 1. The van der Waals surface area contributed by atoms with Crippen LogP contribution in [-0.2, 0) is 10.5 Å². The first-order chi connectivity index (χ1) is 14.5. The Bertz CT molecular complexity index is 1120. The number of nitrogens with zero attached hydrogens (tertiary/aromatic N) is 4. The van der Waals surface area contributed by atoms with Crippen molar-refractivity contribution >= 4 is 23.5 Å². The maximum atomic E-state index is 13.2. The highest BCUT2D eigenvalue weighted by molar-refractivity contribution is 7.98. The average molecular weight is 418 g/mol. The second-order valence-corrected chi connectivity index (χ2v) is 9.53. The molecule has 7 heteroatoms. The van der Waals surface area contributed by atoms with Crippen molar-refractivity contribution in [3.8, 4) is 0 Å². The SMILES string of the molecule is CC1(C)CC(=O)C2=C(C1)Nc1nc(SCc3ccccc3)nn1C2c1cccnc1. The first kappa shape index (κ1) is 19.1. The van der Waals surface area contributed by atoms with Gasteiger partial charge in [0.1, 0.15) is 6.04 Å². The van der Waals surface area contributed by atoms with Crippen molar-refractivity contribution in [2.24, 2.45) is 5.41 Å². The van der Waals surface area contributed by atoms with Crippen LogP contribution in [0.25, 0.3) is 0 Å². The van der Waals surface area contributed by atoms with E-state index in [1.165, 1.54) is 5.56 Å². The monoisotopic (exact) mass is 417 g/mol. The van der Waals surface area contributed by atoms with E-state index in [1.807, 2.05) is 41.2 Å². The Balaban J connectivity index is 1.53. The highest BCUT2D eigenvalue weighted by atomic mass is 32.2. The fourth-order valence-corrected chi connectivity index (χ4v) is 5.00. The van der Waals surface area contributed by atoms with E-state index >= 15 is 0 Å². The number of aromatic nitrogens is 4. The Labute approximate surface area is 179 Å². The molecule has 0 amide bonds. The molecule has 3 heterocycles. The van der Waals surface area contributed by atoms with Crippen LogP contribution in [0.15, 0.2) is 71.3 Å². The van der Waals surface area contributed by atoms with Crippen molar-refractivity contribution in [2.75, 3.05) is 5.32 Å². The maximum Gasteiger partial charge on any atom is 0.227 e. The normalized spacial score (nSPS) is 19.8. The van der Waals surface area contributed by atoms with Gasteiger partial charge >= 0.3 is 0 Å². The summed E-state index contributed by atoms with van der Waals surface area (Å²) in [5.74, 6) is 1.65. The van der Waals surface area contributed by atoms with Crippen LogP contribution in [0.5, 0.6) is 0 Å². The lowest BCUT2D eigenvalue weighted by molar-refractivity contribution is -0.118. The summed E-state index contributed by atoms with van der Waals surface area (Å²) in [5.41, 5.74) is 3.85. The van der Waals surface area contributed by atoms with Gasteiger partial charge in [-0.05, 0) is 29.0 Å². The van der Waals surface area contributed by atoms with E-state index in [1.54, 1.807) is 18.0 Å². The lowest BCUT2D eigenvalue weighted by Crippen LogP contribution is -2.36. The van der Waals surface area contributed by atoms with Gasteiger partial charge in [-0.2, -0.15) is 4.98 Å². The fraction of sp³-hybridized carbons (Fsp3) is 0.304. The van der Waals surface area contributed by atoms with Gasteiger partial charge in [0, 0.05) is 35.8 Å². The zero-order valence-electron chi connectivity index (χ0n) is 17.0. The molecule has 2 aromatic heterocycles. The molecule has 1 aliphatic carbocycles. The molecular weight excluding hydrogens is 394 g/mol. The zero-order valence-corrected chi connectivity index (χ0v) is 17.8. The van der Waals surface area contributed by atoms with E-state index in [-0.39, 0.29) is 17.2 Å². The third-order valence-electron chi connectivity index (χ3n) is 5.52. The summed E-state index contributed by atoms with van der Waals surface area (Å²) >= 11 is 1.60. The number of anilines is 1. The van der Waals surface area contributed by atoms with Crippen LogP contribution in [0.3, 0.4) is 0 Å². The van der Waals surface area contributed by atoms with Gasteiger partial charge in [-0.1, -0.05) is 62.0 Å². The van der Waals surface area contributed by atoms with E-state index in [0.29, 0.717) is 17.5 Å². The molecule has 1 atom stereocenters. The molecule has 5 rings (SSSR count). The molecule has 0 saturated heterocycles. The Hall–Kier alpha value is -2.93. The average Bonchev–Trinajstić information content (AvgIpc) is 3.13. The molecule has 0 bridgehead atoms. The van der Waals surface area contributed by atoms with Crippen molar-refractivity contribution in [2.45, 2.75) is 43.6 Å². The van der Waals surface area contributed by atoms with Gasteiger partial charge in [-0.15, -0.1) is 5.10 Å². The number of allylic oxidation sites excluding steroid dienone is 2. The van der Waals surface area contributed by atoms with Gasteiger partial charge in [-0.3, -0.25) is 9.78 Å². The summed E-state index contributed by atoms with van der Waals surface area (Å²) in [5, 5.41) is 8.89. The molecule has 1 N–H and O–H groups in total. The number of pyridine rings is 1. The molecule has 3 aromatic rings. The van der Waals surface area contributed by atoms with Crippen LogP contribution in [0.2, 0.25) is 0 Å². The Morgan fingerprint density at radius 1 is 1.17 bits per heavy atom. The molecule has 0 radical (unpaired) electrons. The summed E-state index contributed by atoms with van der Waals surface area (Å²) in [7, 11) is 0. The van der Waals surface area contributed by atoms with Crippen LogP contribution >= 0.6 is 11.8 Å². The summed E-state index contributed by atoms with van der Waals surface area (Å²) in [6.07, 6.45) is 4.90. The largest absolute Gasteiger partial charge is 0.328 e. The number of carbonyl (C=O) groups excluding carboxylic acids is 1. The number of thioether (sulfide) groups is 1. The molecular formula is C23H23N5OS. The van der Waals surface area contributed by atoms with Crippen molar-refractivity contribution in [3.05, 3.63) is 77.3 Å². The van der Waals surface area contributed by atoms with E-state index in [4.69, 9.17) is 10.1 Å². The molecule has 0 fully saturated rings. The van der Waals surface area contributed by atoms with Gasteiger partial charge in [0.05, 0.1) is 0 Å². The fourth-order valence-electron chi connectivity index (χ4n) is 4.22. The van der Waals surface area contributed by atoms with Crippen LogP contribution in [-0.4, -0.2) is 25.5 Å². The summed E-state index contributed by atoms with van der Waals surface area (Å²) in [4.78, 5) is 22.2. The molecule has 0 spiro atoms. The smallest absolute Gasteiger partial charge is 0.227 e. The minimum Gasteiger partial charge on any atom is -0.328 e. The Morgan fingerprint density at radius 3 is 2.77 bits per heavy atom. The van der Waals surface area contributed by atoms with E-state index < -0.39 is 0 Å². The van der Waals surface area contributed by atoms with Gasteiger partial charge in [0.15, 0.2) is 5.78 Å². The van der Waals surface area contributed by atoms with Crippen molar-refractivity contribution < 1.29 is 4.79 Å². The topological polar surface area (TPSA) is 72.7 Å². The van der Waals surface area contributed by atoms with Crippen LogP contribution in [0, 0.1) is 5.41 Å². The molecule has 1 unspecified atom stereocenters. The van der Waals surface area contributed by atoms with Crippen molar-refractivity contribution in [1.29, 1.82) is 0 Å². The lowest BCUT2D eigenvalue weighted by Gasteiger charge is -2.38. The number of rotatable bonds is 4. The quantitative estimate of drug-likeness (QED) is 0.624. The molecule has 1 aromatic carbocycles. The minimum absolute atomic E-state index is 0.0739. The Morgan fingerprint density at radius 2 is 2.00 bits per heavy atom. The molecule has 152 valence electrons. The van der Waals surface area contributed by atoms with E-state index in [2.05, 4.69) is 36.3 Å². The van der Waals surface area contributed by atoms with Gasteiger partial charge in [-0.25, -0.2) is 4.68 Å². The van der Waals surface area contributed by atoms with E-state index in [0.717, 1.165) is 29.0 Å². The molecule has 30 heavy (non-hydrogen) atoms. The molecule has 1 aliphatic heterocycles. The molecule has 6 nitrogen and oxygen atoms in total. The Kier molecular flexibility index (Phi) is 4.70. The minimum atomic E-state index is -0.299. The van der Waals surface area contributed by atoms with Gasteiger partial charge < -0.3 is 5.32 Å². The highest BCUT2D eigenvalue weighted by Gasteiger charge is 2.41. The molecule has 2 aliphatic rings. The van der Waals surface area contributed by atoms with Crippen LogP contribution in [0.4, 0.5) is 5.95 Å². The van der Waals surface area contributed by atoms with Gasteiger partial charge in [0.25, 0.3) is 0 Å².